The summed E-state index contributed by atoms with van der Waals surface area (Å²) >= 11 is 1.76. The first kappa shape index (κ1) is 15.9. The molecule has 2 heterocycles. The Labute approximate surface area is 152 Å². The molecule has 126 valence electrons. The minimum atomic E-state index is 0.232. The summed E-state index contributed by atoms with van der Waals surface area (Å²) in [6.07, 6.45) is 0.927. The van der Waals surface area contributed by atoms with Crippen LogP contribution in [0.3, 0.4) is 0 Å². The van der Waals surface area contributed by atoms with E-state index in [2.05, 4.69) is 90.0 Å². The Morgan fingerprint density at radius 2 is 1.72 bits per heavy atom. The Morgan fingerprint density at radius 1 is 0.960 bits per heavy atom. The molecular formula is C21H21N3S. The molecule has 0 saturated heterocycles. The van der Waals surface area contributed by atoms with Crippen molar-refractivity contribution in [3.8, 4) is 0 Å². The minimum Gasteiger partial charge on any atom is -0.378 e. The first-order valence-corrected chi connectivity index (χ1v) is 9.33. The number of nitrogens with zero attached hydrogens (tertiary/aromatic N) is 3. The van der Waals surface area contributed by atoms with E-state index >= 15 is 0 Å². The highest BCUT2D eigenvalue weighted by Crippen LogP contribution is 2.37. The molecule has 0 radical (unpaired) electrons. The van der Waals surface area contributed by atoms with Gasteiger partial charge in [0.15, 0.2) is 0 Å². The first-order valence-electron chi connectivity index (χ1n) is 8.45. The second kappa shape index (κ2) is 6.73. The van der Waals surface area contributed by atoms with Gasteiger partial charge in [-0.2, -0.15) is 5.10 Å². The van der Waals surface area contributed by atoms with Crippen LogP contribution >= 0.6 is 11.3 Å². The number of para-hydroxylation sites is 1. The number of thiophene rings is 1. The maximum Gasteiger partial charge on any atom is 0.0832 e. The van der Waals surface area contributed by atoms with Gasteiger partial charge in [-0.3, -0.25) is 5.01 Å². The zero-order chi connectivity index (χ0) is 17.2. The summed E-state index contributed by atoms with van der Waals surface area (Å²) in [5, 5.41) is 9.25. The van der Waals surface area contributed by atoms with Crippen LogP contribution in [0.4, 0.5) is 11.4 Å². The third-order valence-electron chi connectivity index (χ3n) is 4.53. The van der Waals surface area contributed by atoms with Gasteiger partial charge in [0.05, 0.1) is 22.3 Å². The van der Waals surface area contributed by atoms with Crippen LogP contribution in [0.1, 0.15) is 22.9 Å². The van der Waals surface area contributed by atoms with Crippen LogP contribution in [0.5, 0.6) is 0 Å². The van der Waals surface area contributed by atoms with Crippen LogP contribution in [0.2, 0.25) is 0 Å². The van der Waals surface area contributed by atoms with Gasteiger partial charge in [0.25, 0.3) is 0 Å². The summed E-state index contributed by atoms with van der Waals surface area (Å²) in [6, 6.07) is 23.7. The van der Waals surface area contributed by atoms with E-state index in [1.165, 1.54) is 21.8 Å². The molecule has 3 aromatic rings. The SMILES string of the molecule is CN(C)c1ccc([C@@H]2CC(c3cccs3)=NN2c2ccccc2)cc1. The zero-order valence-corrected chi connectivity index (χ0v) is 15.3. The largest absolute Gasteiger partial charge is 0.378 e. The molecule has 0 amide bonds. The lowest BCUT2D eigenvalue weighted by Crippen LogP contribution is -2.18. The van der Waals surface area contributed by atoms with Crippen molar-refractivity contribution >= 4 is 28.4 Å². The molecule has 0 saturated carbocycles. The van der Waals surface area contributed by atoms with Crippen LogP contribution in [0, 0.1) is 0 Å². The Kier molecular flexibility index (Phi) is 4.28. The fraction of sp³-hybridized carbons (Fsp3) is 0.190. The monoisotopic (exact) mass is 347 g/mol. The quantitative estimate of drug-likeness (QED) is 0.648. The van der Waals surface area contributed by atoms with Crippen molar-refractivity contribution in [2.45, 2.75) is 12.5 Å². The molecule has 0 N–H and O–H groups in total. The highest BCUT2D eigenvalue weighted by atomic mass is 32.1. The van der Waals surface area contributed by atoms with Crippen LogP contribution in [-0.4, -0.2) is 19.8 Å². The molecule has 1 aromatic heterocycles. The van der Waals surface area contributed by atoms with E-state index in [1.807, 2.05) is 6.07 Å². The minimum absolute atomic E-state index is 0.232. The van der Waals surface area contributed by atoms with E-state index < -0.39 is 0 Å². The van der Waals surface area contributed by atoms with Gasteiger partial charge in [-0.15, -0.1) is 11.3 Å². The molecule has 1 atom stereocenters. The van der Waals surface area contributed by atoms with Gasteiger partial charge in [-0.05, 0) is 41.3 Å². The molecular weight excluding hydrogens is 326 g/mol. The molecule has 4 rings (SSSR count). The molecule has 0 bridgehead atoms. The second-order valence-electron chi connectivity index (χ2n) is 6.41. The normalized spacial score (nSPS) is 16.8. The average molecular weight is 347 g/mol. The summed E-state index contributed by atoms with van der Waals surface area (Å²) in [7, 11) is 4.14. The molecule has 0 unspecified atom stereocenters. The van der Waals surface area contributed by atoms with E-state index in [4.69, 9.17) is 5.10 Å². The fourth-order valence-electron chi connectivity index (χ4n) is 3.17. The molecule has 25 heavy (non-hydrogen) atoms. The molecule has 3 nitrogen and oxygen atoms in total. The van der Waals surface area contributed by atoms with Gasteiger partial charge in [0.1, 0.15) is 0 Å². The lowest BCUT2D eigenvalue weighted by atomic mass is 10.0. The van der Waals surface area contributed by atoms with Crippen LogP contribution in [0.15, 0.2) is 77.2 Å². The van der Waals surface area contributed by atoms with Gasteiger partial charge in [0, 0.05) is 26.2 Å². The lowest BCUT2D eigenvalue weighted by Gasteiger charge is -2.24. The maximum atomic E-state index is 4.97. The van der Waals surface area contributed by atoms with Crippen molar-refractivity contribution in [2.75, 3.05) is 24.0 Å². The van der Waals surface area contributed by atoms with Gasteiger partial charge in [-0.1, -0.05) is 36.4 Å². The third kappa shape index (κ3) is 3.17. The van der Waals surface area contributed by atoms with Gasteiger partial charge in [-0.25, -0.2) is 0 Å². The summed E-state index contributed by atoms with van der Waals surface area (Å²) in [4.78, 5) is 3.38. The fourth-order valence-corrected chi connectivity index (χ4v) is 3.90. The van der Waals surface area contributed by atoms with Gasteiger partial charge >= 0.3 is 0 Å². The number of rotatable bonds is 4. The highest BCUT2D eigenvalue weighted by molar-refractivity contribution is 7.12. The van der Waals surface area contributed by atoms with E-state index in [0.717, 1.165) is 12.1 Å². The average Bonchev–Trinajstić information content (AvgIpc) is 3.32. The number of hydrogen-bond donors (Lipinski definition) is 0. The Morgan fingerprint density at radius 3 is 2.36 bits per heavy atom. The molecule has 0 aliphatic carbocycles. The molecule has 4 heteroatoms. The standard InChI is InChI=1S/C21H21N3S/c1-23(2)17-12-10-16(11-13-17)20-15-19(21-9-6-14-25-21)22-24(20)18-7-4-3-5-8-18/h3-14,20H,15H2,1-2H3/t20-/m0/s1. The molecule has 0 spiro atoms. The third-order valence-corrected chi connectivity index (χ3v) is 5.45. The van der Waals surface area contributed by atoms with Crippen molar-refractivity contribution in [2.24, 2.45) is 5.10 Å². The summed E-state index contributed by atoms with van der Waals surface area (Å²) in [6.45, 7) is 0. The Bertz CT molecular complexity index is 852. The van der Waals surface area contributed by atoms with Crippen LogP contribution in [-0.2, 0) is 0 Å². The van der Waals surface area contributed by atoms with Crippen molar-refractivity contribution < 1.29 is 0 Å². The lowest BCUT2D eigenvalue weighted by molar-refractivity contribution is 0.709. The maximum absolute atomic E-state index is 4.97. The Hall–Kier alpha value is -2.59. The van der Waals surface area contributed by atoms with Crippen LogP contribution < -0.4 is 9.91 Å². The smallest absolute Gasteiger partial charge is 0.0832 e. The van der Waals surface area contributed by atoms with Gasteiger partial charge in [0.2, 0.25) is 0 Å². The van der Waals surface area contributed by atoms with Crippen LogP contribution in [0.25, 0.3) is 0 Å². The van der Waals surface area contributed by atoms with Crippen molar-refractivity contribution in [3.05, 3.63) is 82.6 Å². The van der Waals surface area contributed by atoms with Crippen molar-refractivity contribution in [1.29, 1.82) is 0 Å². The van der Waals surface area contributed by atoms with Gasteiger partial charge < -0.3 is 4.90 Å². The zero-order valence-electron chi connectivity index (χ0n) is 14.5. The number of hydrogen-bond acceptors (Lipinski definition) is 4. The molecule has 0 fully saturated rings. The second-order valence-corrected chi connectivity index (χ2v) is 7.36. The van der Waals surface area contributed by atoms with Crippen molar-refractivity contribution in [1.82, 2.24) is 0 Å². The highest BCUT2D eigenvalue weighted by Gasteiger charge is 2.30. The number of anilines is 2. The van der Waals surface area contributed by atoms with E-state index in [9.17, 15) is 0 Å². The first-order chi connectivity index (χ1) is 12.2. The number of hydrazone groups is 1. The summed E-state index contributed by atoms with van der Waals surface area (Å²) in [5.74, 6) is 0. The topological polar surface area (TPSA) is 18.8 Å². The molecule has 2 aromatic carbocycles. The molecule has 1 aliphatic heterocycles. The summed E-state index contributed by atoms with van der Waals surface area (Å²) < 4.78 is 0. The molecule has 1 aliphatic rings. The van der Waals surface area contributed by atoms with E-state index in [1.54, 1.807) is 11.3 Å². The van der Waals surface area contributed by atoms with E-state index in [-0.39, 0.29) is 6.04 Å². The Balaban J connectivity index is 1.70. The van der Waals surface area contributed by atoms with E-state index in [0.29, 0.717) is 0 Å². The number of benzene rings is 2. The van der Waals surface area contributed by atoms with Crippen molar-refractivity contribution in [3.63, 3.8) is 0 Å². The predicted molar refractivity (Wildman–Crippen MR) is 108 cm³/mol. The predicted octanol–water partition coefficient (Wildman–Crippen LogP) is 5.17. The summed E-state index contributed by atoms with van der Waals surface area (Å²) in [5.41, 5.74) is 4.81.